The first kappa shape index (κ1) is 22.2. The summed E-state index contributed by atoms with van der Waals surface area (Å²) in [6, 6.07) is 23.5. The van der Waals surface area contributed by atoms with E-state index in [1.807, 2.05) is 78.2 Å². The molecule has 3 rings (SSSR count). The van der Waals surface area contributed by atoms with Gasteiger partial charge >= 0.3 is 0 Å². The second-order valence-electron chi connectivity index (χ2n) is 7.07. The molecule has 0 radical (unpaired) electrons. The Morgan fingerprint density at radius 3 is 2.23 bits per heavy atom. The van der Waals surface area contributed by atoms with Crippen molar-refractivity contribution in [1.82, 2.24) is 9.80 Å². The summed E-state index contributed by atoms with van der Waals surface area (Å²) < 4.78 is 0. The monoisotopic (exact) mass is 430 g/mol. The summed E-state index contributed by atoms with van der Waals surface area (Å²) in [6.07, 6.45) is 4.91. The average molecular weight is 431 g/mol. The number of hydrogen-bond acceptors (Lipinski definition) is 3. The molecule has 3 aromatic rings. The van der Waals surface area contributed by atoms with E-state index in [2.05, 4.69) is 6.58 Å². The summed E-state index contributed by atoms with van der Waals surface area (Å²) in [6.45, 7) is 5.06. The Kier molecular flexibility index (Phi) is 8.38. The highest BCUT2D eigenvalue weighted by atomic mass is 32.1. The fourth-order valence-corrected chi connectivity index (χ4v) is 3.83. The van der Waals surface area contributed by atoms with Crippen LogP contribution in [0.5, 0.6) is 0 Å². The predicted octanol–water partition coefficient (Wildman–Crippen LogP) is 5.00. The predicted molar refractivity (Wildman–Crippen MR) is 127 cm³/mol. The number of carbonyl (C=O) groups excluding carboxylic acids is 2. The van der Waals surface area contributed by atoms with Gasteiger partial charge in [0, 0.05) is 24.0 Å². The van der Waals surface area contributed by atoms with Gasteiger partial charge in [0.05, 0.1) is 6.54 Å². The molecule has 1 aromatic heterocycles. The standard InChI is InChI=1S/C26H26N2O2S/c1-2-17-27(25(29)16-15-22-10-5-3-6-11-22)21-26(30)28(20-24-14-9-18-31-24)19-23-12-7-4-8-13-23/h2-16,18H,1,17,19-21H2. The van der Waals surface area contributed by atoms with E-state index in [0.717, 1.165) is 16.0 Å². The lowest BCUT2D eigenvalue weighted by molar-refractivity contribution is -0.138. The maximum absolute atomic E-state index is 13.2. The Labute approximate surface area is 187 Å². The van der Waals surface area contributed by atoms with Crippen LogP contribution in [0.15, 0.2) is 96.9 Å². The van der Waals surface area contributed by atoms with Crippen LogP contribution in [0.2, 0.25) is 0 Å². The molecule has 0 aliphatic rings. The molecule has 158 valence electrons. The van der Waals surface area contributed by atoms with Gasteiger partial charge in [-0.25, -0.2) is 0 Å². The van der Waals surface area contributed by atoms with E-state index in [-0.39, 0.29) is 18.4 Å². The van der Waals surface area contributed by atoms with Gasteiger partial charge in [0.1, 0.15) is 6.54 Å². The molecule has 0 atom stereocenters. The number of benzene rings is 2. The van der Waals surface area contributed by atoms with Crippen LogP contribution in [0.4, 0.5) is 0 Å². The molecule has 5 heteroatoms. The van der Waals surface area contributed by atoms with Crippen LogP contribution in [0, 0.1) is 0 Å². The van der Waals surface area contributed by atoms with Crippen molar-refractivity contribution in [2.75, 3.05) is 13.1 Å². The lowest BCUT2D eigenvalue weighted by Crippen LogP contribution is -2.42. The highest BCUT2D eigenvalue weighted by Crippen LogP contribution is 2.15. The van der Waals surface area contributed by atoms with Crippen molar-refractivity contribution in [2.45, 2.75) is 13.1 Å². The van der Waals surface area contributed by atoms with E-state index in [4.69, 9.17) is 0 Å². The van der Waals surface area contributed by atoms with E-state index < -0.39 is 0 Å². The molecular formula is C26H26N2O2S. The quantitative estimate of drug-likeness (QED) is 0.335. The first-order valence-corrected chi connectivity index (χ1v) is 11.0. The van der Waals surface area contributed by atoms with Crippen molar-refractivity contribution < 1.29 is 9.59 Å². The third-order valence-corrected chi connectivity index (χ3v) is 5.56. The van der Waals surface area contributed by atoms with Crippen LogP contribution in [-0.2, 0) is 22.7 Å². The lowest BCUT2D eigenvalue weighted by atomic mass is 10.2. The van der Waals surface area contributed by atoms with E-state index in [0.29, 0.717) is 19.6 Å². The van der Waals surface area contributed by atoms with Gasteiger partial charge in [-0.3, -0.25) is 9.59 Å². The Morgan fingerprint density at radius 1 is 0.871 bits per heavy atom. The van der Waals surface area contributed by atoms with Gasteiger partial charge in [-0.15, -0.1) is 17.9 Å². The summed E-state index contributed by atoms with van der Waals surface area (Å²) in [5.74, 6) is -0.312. The minimum Gasteiger partial charge on any atom is -0.332 e. The SMILES string of the molecule is C=CCN(CC(=O)N(Cc1ccccc1)Cc1cccs1)C(=O)C=Cc1ccccc1. The van der Waals surface area contributed by atoms with Crippen molar-refractivity contribution in [1.29, 1.82) is 0 Å². The second-order valence-corrected chi connectivity index (χ2v) is 8.10. The van der Waals surface area contributed by atoms with Crippen LogP contribution in [0.25, 0.3) is 6.08 Å². The Morgan fingerprint density at radius 2 is 1.58 bits per heavy atom. The van der Waals surface area contributed by atoms with E-state index >= 15 is 0 Å². The zero-order valence-corrected chi connectivity index (χ0v) is 18.2. The number of carbonyl (C=O) groups is 2. The fraction of sp³-hybridized carbons (Fsp3) is 0.154. The molecule has 0 aliphatic heterocycles. The molecule has 2 aromatic carbocycles. The average Bonchev–Trinajstić information content (AvgIpc) is 3.31. The molecule has 0 spiro atoms. The number of amides is 2. The molecule has 0 fully saturated rings. The molecule has 4 nitrogen and oxygen atoms in total. The number of nitrogens with zero attached hydrogens (tertiary/aromatic N) is 2. The maximum Gasteiger partial charge on any atom is 0.247 e. The van der Waals surface area contributed by atoms with E-state index in [1.54, 1.807) is 28.4 Å². The Hall–Kier alpha value is -3.44. The van der Waals surface area contributed by atoms with E-state index in [1.165, 1.54) is 11.0 Å². The van der Waals surface area contributed by atoms with Crippen molar-refractivity contribution >= 4 is 29.2 Å². The fourth-order valence-electron chi connectivity index (χ4n) is 3.12. The topological polar surface area (TPSA) is 40.6 Å². The van der Waals surface area contributed by atoms with Crippen LogP contribution < -0.4 is 0 Å². The molecular weight excluding hydrogens is 404 g/mol. The number of hydrogen-bond donors (Lipinski definition) is 0. The molecule has 0 bridgehead atoms. The zero-order chi connectivity index (χ0) is 21.9. The summed E-state index contributed by atoms with van der Waals surface area (Å²) in [4.78, 5) is 30.4. The molecule has 1 heterocycles. The third-order valence-electron chi connectivity index (χ3n) is 4.70. The Bertz CT molecular complexity index is 998. The first-order chi connectivity index (χ1) is 15.2. The lowest BCUT2D eigenvalue weighted by Gasteiger charge is -2.26. The summed E-state index contributed by atoms with van der Waals surface area (Å²) in [5, 5.41) is 2.00. The molecule has 2 amide bonds. The van der Waals surface area contributed by atoms with Crippen LogP contribution in [0.1, 0.15) is 16.0 Å². The minimum atomic E-state index is -0.215. The highest BCUT2D eigenvalue weighted by Gasteiger charge is 2.20. The van der Waals surface area contributed by atoms with E-state index in [9.17, 15) is 9.59 Å². The normalized spacial score (nSPS) is 10.7. The molecule has 31 heavy (non-hydrogen) atoms. The summed E-state index contributed by atoms with van der Waals surface area (Å²) in [5.41, 5.74) is 1.99. The summed E-state index contributed by atoms with van der Waals surface area (Å²) in [7, 11) is 0. The number of thiophene rings is 1. The van der Waals surface area contributed by atoms with Gasteiger partial charge in [0.15, 0.2) is 0 Å². The first-order valence-electron chi connectivity index (χ1n) is 10.1. The largest absolute Gasteiger partial charge is 0.332 e. The van der Waals surface area contributed by atoms with Crippen LogP contribution in [-0.4, -0.2) is 34.7 Å². The van der Waals surface area contributed by atoms with Crippen molar-refractivity contribution in [2.24, 2.45) is 0 Å². The molecule has 0 saturated carbocycles. The van der Waals surface area contributed by atoms with Gasteiger partial charge in [0.2, 0.25) is 11.8 Å². The minimum absolute atomic E-state index is 0.00217. The molecule has 0 saturated heterocycles. The highest BCUT2D eigenvalue weighted by molar-refractivity contribution is 7.09. The maximum atomic E-state index is 13.2. The van der Waals surface area contributed by atoms with Gasteiger partial charge < -0.3 is 9.80 Å². The van der Waals surface area contributed by atoms with Crippen molar-refractivity contribution in [3.05, 3.63) is 113 Å². The summed E-state index contributed by atoms with van der Waals surface area (Å²) >= 11 is 1.62. The van der Waals surface area contributed by atoms with Gasteiger partial charge in [0.25, 0.3) is 0 Å². The van der Waals surface area contributed by atoms with Crippen molar-refractivity contribution in [3.8, 4) is 0 Å². The Balaban J connectivity index is 1.72. The third kappa shape index (κ3) is 7.08. The second kappa shape index (κ2) is 11.7. The van der Waals surface area contributed by atoms with Gasteiger partial charge in [-0.1, -0.05) is 72.8 Å². The molecule has 0 aliphatic carbocycles. The molecule has 0 N–H and O–H groups in total. The smallest absolute Gasteiger partial charge is 0.247 e. The van der Waals surface area contributed by atoms with Crippen LogP contribution >= 0.6 is 11.3 Å². The van der Waals surface area contributed by atoms with Gasteiger partial charge in [-0.05, 0) is 28.6 Å². The van der Waals surface area contributed by atoms with Gasteiger partial charge in [-0.2, -0.15) is 0 Å². The van der Waals surface area contributed by atoms with Crippen LogP contribution in [0.3, 0.4) is 0 Å². The zero-order valence-electron chi connectivity index (χ0n) is 17.4. The van der Waals surface area contributed by atoms with Crippen molar-refractivity contribution in [3.63, 3.8) is 0 Å². The number of rotatable bonds is 10. The molecule has 0 unspecified atom stereocenters.